The van der Waals surface area contributed by atoms with E-state index in [0.717, 1.165) is 0 Å². The summed E-state index contributed by atoms with van der Waals surface area (Å²) in [6, 6.07) is 0. The molecule has 32 heavy (non-hydrogen) atoms. The smallest absolute Gasteiger partial charge is 0.0594 e. The molecule has 0 amide bonds. The summed E-state index contributed by atoms with van der Waals surface area (Å²) < 4.78 is 0. The first-order valence-corrected chi connectivity index (χ1v) is 18.1. The van der Waals surface area contributed by atoms with E-state index in [-0.39, 0.29) is 0 Å². The molecule has 0 aliphatic heterocycles. The minimum Gasteiger partial charge on any atom is -0.0654 e. The third kappa shape index (κ3) is 21.0. The summed E-state index contributed by atoms with van der Waals surface area (Å²) in [7, 11) is -0.708. The largest absolute Gasteiger partial charge is 0.0654 e. The molecule has 0 heterocycles. The summed E-state index contributed by atoms with van der Waals surface area (Å²) in [6.07, 6.45) is 40.6. The molecule has 0 saturated heterocycles. The molecule has 0 aromatic rings. The lowest BCUT2D eigenvalue weighted by atomic mass is 10.1. The summed E-state index contributed by atoms with van der Waals surface area (Å²) in [5.74, 6) is 0. The first kappa shape index (κ1) is 32.4. The molecule has 0 fully saturated rings. The predicted molar refractivity (Wildman–Crippen MR) is 155 cm³/mol. The second kappa shape index (κ2) is 26.0. The van der Waals surface area contributed by atoms with Crippen LogP contribution in [0.3, 0.4) is 0 Å². The second-order valence-corrected chi connectivity index (χ2v) is 15.4. The van der Waals surface area contributed by atoms with Crippen LogP contribution in [-0.2, 0) is 0 Å². The zero-order chi connectivity index (χ0) is 23.6. The average Bonchev–Trinajstić information content (AvgIpc) is 2.80. The maximum absolute atomic E-state index is 2.35. The molecule has 1 heteroatoms. The minimum atomic E-state index is -0.708. The molecule has 0 radical (unpaired) electrons. The average molecular weight is 470 g/mol. The zero-order valence-corrected chi connectivity index (χ0v) is 24.4. The van der Waals surface area contributed by atoms with Crippen LogP contribution in [0.2, 0.25) is 0 Å². The number of hydrogen-bond donors (Lipinski definition) is 0. The highest BCUT2D eigenvalue weighted by Crippen LogP contribution is 2.61. The number of rotatable bonds is 27. The Bertz CT molecular complexity index is 301. The molecular weight excluding hydrogens is 403 g/mol. The van der Waals surface area contributed by atoms with Gasteiger partial charge in [-0.25, -0.2) is 0 Å². The van der Waals surface area contributed by atoms with Crippen LogP contribution in [0.25, 0.3) is 0 Å². The van der Waals surface area contributed by atoms with Crippen molar-refractivity contribution in [3.05, 3.63) is 0 Å². The number of hydrogen-bond acceptors (Lipinski definition) is 0. The van der Waals surface area contributed by atoms with Gasteiger partial charge < -0.3 is 0 Å². The molecule has 0 nitrogen and oxygen atoms in total. The zero-order valence-electron chi connectivity index (χ0n) is 23.5. The molecule has 0 spiro atoms. The third-order valence-corrected chi connectivity index (χ3v) is 12.8. The summed E-state index contributed by atoms with van der Waals surface area (Å²) in [6.45, 7) is 9.39. The highest BCUT2D eigenvalue weighted by molar-refractivity contribution is 7.75. The highest BCUT2D eigenvalue weighted by atomic mass is 31.2. The summed E-state index contributed by atoms with van der Waals surface area (Å²) in [5.41, 5.74) is 0. The molecule has 0 N–H and O–H groups in total. The lowest BCUT2D eigenvalue weighted by Gasteiger charge is -2.28. The van der Waals surface area contributed by atoms with Gasteiger partial charge in [0.1, 0.15) is 0 Å². The van der Waals surface area contributed by atoms with Gasteiger partial charge in [0.25, 0.3) is 0 Å². The van der Waals surface area contributed by atoms with Gasteiger partial charge >= 0.3 is 0 Å². The van der Waals surface area contributed by atoms with Gasteiger partial charge in [-0.05, 0) is 51.4 Å². The summed E-state index contributed by atoms with van der Waals surface area (Å²) >= 11 is 0. The van der Waals surface area contributed by atoms with Crippen LogP contribution in [0.4, 0.5) is 0 Å². The fourth-order valence-corrected chi connectivity index (χ4v) is 10.3. The minimum absolute atomic E-state index is 0.708. The van der Waals surface area contributed by atoms with Crippen molar-refractivity contribution in [2.45, 2.75) is 175 Å². The maximum atomic E-state index is 2.35. The van der Waals surface area contributed by atoms with Crippen molar-refractivity contribution < 1.29 is 0 Å². The Kier molecular flexibility index (Phi) is 26.4. The Morgan fingerprint density at radius 2 is 0.438 bits per heavy atom. The summed E-state index contributed by atoms with van der Waals surface area (Å²) in [5, 5.41) is 0. The summed E-state index contributed by atoms with van der Waals surface area (Å²) in [4.78, 5) is 0. The molecule has 0 aromatic carbocycles. The van der Waals surface area contributed by atoms with Gasteiger partial charge in [0.05, 0.1) is 24.6 Å². The molecule has 0 rings (SSSR count). The van der Waals surface area contributed by atoms with Crippen LogP contribution in [0.5, 0.6) is 0 Å². The lowest BCUT2D eigenvalue weighted by Crippen LogP contribution is -2.13. The van der Waals surface area contributed by atoms with E-state index in [0.29, 0.717) is 0 Å². The van der Waals surface area contributed by atoms with Crippen molar-refractivity contribution in [2.24, 2.45) is 0 Å². The van der Waals surface area contributed by atoms with Gasteiger partial charge in [0.2, 0.25) is 0 Å². The molecule has 0 unspecified atom stereocenters. The SMILES string of the molecule is CCCCCCCCCC[P+](CCCCCCC)(CCCCCCC)CCCCCCC. The van der Waals surface area contributed by atoms with Crippen LogP contribution in [0.15, 0.2) is 0 Å². The normalized spacial score (nSPS) is 12.0. The van der Waals surface area contributed by atoms with Crippen molar-refractivity contribution in [1.29, 1.82) is 0 Å². The van der Waals surface area contributed by atoms with E-state index >= 15 is 0 Å². The van der Waals surface area contributed by atoms with Gasteiger partial charge in [-0.2, -0.15) is 0 Å². The van der Waals surface area contributed by atoms with E-state index in [4.69, 9.17) is 0 Å². The molecule has 0 bridgehead atoms. The Balaban J connectivity index is 4.66. The Hall–Kier alpha value is 0.430. The topological polar surface area (TPSA) is 0 Å². The van der Waals surface area contributed by atoms with Crippen molar-refractivity contribution in [3.8, 4) is 0 Å². The van der Waals surface area contributed by atoms with E-state index in [9.17, 15) is 0 Å². The van der Waals surface area contributed by atoms with Crippen LogP contribution in [0.1, 0.15) is 175 Å². The van der Waals surface area contributed by atoms with Gasteiger partial charge in [-0.1, -0.05) is 124 Å². The lowest BCUT2D eigenvalue weighted by molar-refractivity contribution is 0.584. The number of unbranched alkanes of at least 4 members (excludes halogenated alkanes) is 19. The second-order valence-electron chi connectivity index (χ2n) is 11.0. The molecule has 0 aliphatic carbocycles. The van der Waals surface area contributed by atoms with Crippen LogP contribution < -0.4 is 0 Å². The van der Waals surface area contributed by atoms with E-state index < -0.39 is 7.26 Å². The predicted octanol–water partition coefficient (Wildman–Crippen LogP) is 12.1. The monoisotopic (exact) mass is 469 g/mol. The van der Waals surface area contributed by atoms with E-state index in [1.807, 2.05) is 0 Å². The quantitative estimate of drug-likeness (QED) is 0.0828. The molecule has 194 valence electrons. The first-order chi connectivity index (χ1) is 15.7. The molecule has 0 aromatic heterocycles. The maximum Gasteiger partial charge on any atom is 0.0594 e. The molecule has 0 atom stereocenters. The fourth-order valence-electron chi connectivity index (χ4n) is 5.40. The van der Waals surface area contributed by atoms with Crippen molar-refractivity contribution in [2.75, 3.05) is 24.6 Å². The van der Waals surface area contributed by atoms with E-state index in [1.165, 1.54) is 122 Å². The van der Waals surface area contributed by atoms with Gasteiger partial charge in [-0.3, -0.25) is 0 Å². The van der Waals surface area contributed by atoms with E-state index in [2.05, 4.69) is 27.7 Å². The first-order valence-electron chi connectivity index (χ1n) is 15.6. The van der Waals surface area contributed by atoms with E-state index in [1.54, 1.807) is 50.3 Å². The van der Waals surface area contributed by atoms with Crippen LogP contribution in [-0.4, -0.2) is 24.6 Å². The molecule has 0 saturated carbocycles. The fraction of sp³-hybridized carbons (Fsp3) is 1.00. The van der Waals surface area contributed by atoms with Crippen molar-refractivity contribution in [3.63, 3.8) is 0 Å². The van der Waals surface area contributed by atoms with Gasteiger partial charge in [0, 0.05) is 7.26 Å². The molecular formula is C31H66P+. The highest BCUT2D eigenvalue weighted by Gasteiger charge is 2.34. The Morgan fingerprint density at radius 3 is 0.656 bits per heavy atom. The standard InChI is InChI=1S/C31H66P/c1-5-9-13-17-18-19-23-27-31-32(28-24-20-14-10-6-2,29-25-21-15-11-7-3)30-26-22-16-12-8-4/h5-31H2,1-4H3/q+1. The Morgan fingerprint density at radius 1 is 0.250 bits per heavy atom. The van der Waals surface area contributed by atoms with Crippen LogP contribution >= 0.6 is 7.26 Å². The molecule has 0 aliphatic rings. The van der Waals surface area contributed by atoms with Gasteiger partial charge in [-0.15, -0.1) is 0 Å². The third-order valence-electron chi connectivity index (χ3n) is 7.69. The van der Waals surface area contributed by atoms with Crippen molar-refractivity contribution >= 4 is 7.26 Å². The van der Waals surface area contributed by atoms with Crippen LogP contribution in [0, 0.1) is 0 Å². The van der Waals surface area contributed by atoms with Crippen molar-refractivity contribution in [1.82, 2.24) is 0 Å². The Labute approximate surface area is 207 Å². The van der Waals surface area contributed by atoms with Gasteiger partial charge in [0.15, 0.2) is 0 Å².